The van der Waals surface area contributed by atoms with Crippen LogP contribution in [0.4, 0.5) is 8.78 Å². The average Bonchev–Trinajstić information content (AvgIpc) is 3.10. The second kappa shape index (κ2) is 9.08. The Bertz CT molecular complexity index is 1290. The Morgan fingerprint density at radius 3 is 2.66 bits per heavy atom. The second-order valence-electron chi connectivity index (χ2n) is 7.66. The highest BCUT2D eigenvalue weighted by Gasteiger charge is 2.21. The van der Waals surface area contributed by atoms with E-state index in [0.717, 1.165) is 28.1 Å². The topological polar surface area (TPSA) is 78.0 Å². The zero-order valence-corrected chi connectivity index (χ0v) is 18.7. The van der Waals surface area contributed by atoms with E-state index in [1.54, 1.807) is 30.6 Å². The largest absolute Gasteiger partial charge is 0.508 e. The first-order valence-corrected chi connectivity index (χ1v) is 10.7. The molecule has 0 spiro atoms. The third kappa shape index (κ3) is 4.80. The van der Waals surface area contributed by atoms with Gasteiger partial charge in [0, 0.05) is 46.3 Å². The van der Waals surface area contributed by atoms with Crippen molar-refractivity contribution in [2.24, 2.45) is 0 Å². The fraction of sp³-hybridized carbons (Fsp3) is 0.167. The lowest BCUT2D eigenvalue weighted by Crippen LogP contribution is -2.30. The zero-order chi connectivity index (χ0) is 22.8. The number of aromatic hydroxyl groups is 1. The molecule has 2 aromatic carbocycles. The summed E-state index contributed by atoms with van der Waals surface area (Å²) in [5.41, 5.74) is 3.41. The molecular formula is C24H20BrF2N3O2. The van der Waals surface area contributed by atoms with Gasteiger partial charge < -0.3 is 15.4 Å². The van der Waals surface area contributed by atoms with E-state index in [-0.39, 0.29) is 24.6 Å². The summed E-state index contributed by atoms with van der Waals surface area (Å²) in [6.45, 7) is 1.99. The molecule has 2 heterocycles. The number of amides is 1. The van der Waals surface area contributed by atoms with Crippen molar-refractivity contribution in [2.75, 3.05) is 6.54 Å². The number of phenols is 1. The van der Waals surface area contributed by atoms with Gasteiger partial charge in [-0.2, -0.15) is 0 Å². The lowest BCUT2D eigenvalue weighted by molar-refractivity contribution is -0.120. The molecule has 1 unspecified atom stereocenters. The number of phenolic OH excluding ortho intramolecular Hbond substituents is 1. The molecule has 0 aliphatic carbocycles. The van der Waals surface area contributed by atoms with Crippen molar-refractivity contribution < 1.29 is 18.7 Å². The van der Waals surface area contributed by atoms with Crippen molar-refractivity contribution in [3.05, 3.63) is 93.3 Å². The van der Waals surface area contributed by atoms with Crippen LogP contribution < -0.4 is 5.32 Å². The molecule has 0 saturated carbocycles. The predicted octanol–water partition coefficient (Wildman–Crippen LogP) is 5.11. The molecule has 8 heteroatoms. The Morgan fingerprint density at radius 1 is 1.19 bits per heavy atom. The van der Waals surface area contributed by atoms with Crippen LogP contribution in [0.15, 0.2) is 59.3 Å². The number of rotatable bonds is 6. The van der Waals surface area contributed by atoms with Gasteiger partial charge in [0.1, 0.15) is 17.4 Å². The van der Waals surface area contributed by atoms with Crippen LogP contribution in [0.3, 0.4) is 0 Å². The molecule has 0 saturated heterocycles. The van der Waals surface area contributed by atoms with Crippen molar-refractivity contribution in [1.82, 2.24) is 15.3 Å². The lowest BCUT2D eigenvalue weighted by atomic mass is 9.94. The fourth-order valence-electron chi connectivity index (χ4n) is 3.71. The van der Waals surface area contributed by atoms with Gasteiger partial charge >= 0.3 is 0 Å². The summed E-state index contributed by atoms with van der Waals surface area (Å²) in [5.74, 6) is -2.11. The van der Waals surface area contributed by atoms with Gasteiger partial charge in [-0.1, -0.05) is 0 Å². The van der Waals surface area contributed by atoms with E-state index in [1.807, 2.05) is 13.0 Å². The Morgan fingerprint density at radius 2 is 1.94 bits per heavy atom. The van der Waals surface area contributed by atoms with Gasteiger partial charge in [-0.3, -0.25) is 9.78 Å². The SMILES string of the molecule is Cc1cnc(C(CNC(=O)Cc2c[nH]c3ccc(O)cc23)c2cc(F)cc(F)c2)c(Br)c1. The molecule has 4 aromatic rings. The first-order valence-electron chi connectivity index (χ1n) is 9.94. The number of hydrogen-bond acceptors (Lipinski definition) is 3. The van der Waals surface area contributed by atoms with Crippen LogP contribution in [0.1, 0.15) is 28.3 Å². The number of pyridine rings is 1. The number of nitrogens with one attached hydrogen (secondary N) is 2. The first kappa shape index (κ1) is 22.0. The highest BCUT2D eigenvalue weighted by Crippen LogP contribution is 2.30. The number of fused-ring (bicyclic) bond motifs is 1. The molecule has 164 valence electrons. The predicted molar refractivity (Wildman–Crippen MR) is 122 cm³/mol. The third-order valence-electron chi connectivity index (χ3n) is 5.23. The second-order valence-corrected chi connectivity index (χ2v) is 8.51. The normalized spacial score (nSPS) is 12.1. The van der Waals surface area contributed by atoms with Gasteiger partial charge in [0.15, 0.2) is 0 Å². The molecule has 5 nitrogen and oxygen atoms in total. The van der Waals surface area contributed by atoms with Crippen LogP contribution in [-0.2, 0) is 11.2 Å². The van der Waals surface area contributed by atoms with Crippen molar-refractivity contribution in [3.8, 4) is 5.75 Å². The van der Waals surface area contributed by atoms with Crippen LogP contribution in [0.2, 0.25) is 0 Å². The van der Waals surface area contributed by atoms with E-state index in [0.29, 0.717) is 15.7 Å². The summed E-state index contributed by atoms with van der Waals surface area (Å²) in [5, 5.41) is 13.4. The van der Waals surface area contributed by atoms with Gasteiger partial charge in [-0.25, -0.2) is 8.78 Å². The monoisotopic (exact) mass is 499 g/mol. The number of nitrogens with zero attached hydrogens (tertiary/aromatic N) is 1. The van der Waals surface area contributed by atoms with Crippen molar-refractivity contribution >= 4 is 32.7 Å². The van der Waals surface area contributed by atoms with Gasteiger partial charge in [0.2, 0.25) is 5.91 Å². The Hall–Kier alpha value is -3.26. The molecule has 0 radical (unpaired) electrons. The van der Waals surface area contributed by atoms with E-state index in [4.69, 9.17) is 0 Å². The molecule has 32 heavy (non-hydrogen) atoms. The standard InChI is InChI=1S/C24H20BrF2N3O2/c1-13-4-21(25)24(30-10-13)20(14-5-16(26)8-17(27)6-14)12-29-23(32)7-15-11-28-22-3-2-18(31)9-19(15)22/h2-6,8-11,20,28,31H,7,12H2,1H3,(H,29,32). The van der Waals surface area contributed by atoms with Crippen molar-refractivity contribution in [2.45, 2.75) is 19.3 Å². The number of H-pyrrole nitrogens is 1. The zero-order valence-electron chi connectivity index (χ0n) is 17.1. The number of aromatic amines is 1. The lowest BCUT2D eigenvalue weighted by Gasteiger charge is -2.20. The smallest absolute Gasteiger partial charge is 0.224 e. The van der Waals surface area contributed by atoms with Crippen molar-refractivity contribution in [1.29, 1.82) is 0 Å². The van der Waals surface area contributed by atoms with Gasteiger partial charge in [0.05, 0.1) is 12.1 Å². The Kier molecular flexibility index (Phi) is 6.23. The van der Waals surface area contributed by atoms with E-state index in [1.165, 1.54) is 12.1 Å². The Balaban J connectivity index is 1.58. The van der Waals surface area contributed by atoms with Crippen LogP contribution in [0, 0.1) is 18.6 Å². The number of halogens is 3. The molecule has 4 rings (SSSR count). The van der Waals surface area contributed by atoms with Gasteiger partial charge in [-0.15, -0.1) is 0 Å². The van der Waals surface area contributed by atoms with Gasteiger partial charge in [0.25, 0.3) is 0 Å². The molecule has 2 aromatic heterocycles. The summed E-state index contributed by atoms with van der Waals surface area (Å²) >= 11 is 3.48. The minimum atomic E-state index is -0.696. The van der Waals surface area contributed by atoms with Crippen LogP contribution in [0.25, 0.3) is 10.9 Å². The van der Waals surface area contributed by atoms with Gasteiger partial charge in [-0.05, 0) is 75.9 Å². The van der Waals surface area contributed by atoms with E-state index in [9.17, 15) is 18.7 Å². The minimum absolute atomic E-state index is 0.0795. The molecular weight excluding hydrogens is 480 g/mol. The van der Waals surface area contributed by atoms with Crippen LogP contribution in [-0.4, -0.2) is 27.5 Å². The number of benzene rings is 2. The maximum atomic E-state index is 13.9. The number of carbonyl (C=O) groups is 1. The van der Waals surface area contributed by atoms with Crippen molar-refractivity contribution in [3.63, 3.8) is 0 Å². The Labute approximate surface area is 191 Å². The molecule has 0 fully saturated rings. The maximum absolute atomic E-state index is 13.9. The molecule has 1 amide bonds. The minimum Gasteiger partial charge on any atom is -0.508 e. The molecule has 0 bridgehead atoms. The summed E-state index contributed by atoms with van der Waals surface area (Å²) < 4.78 is 28.5. The van der Waals surface area contributed by atoms with Crippen LogP contribution in [0.5, 0.6) is 5.75 Å². The summed E-state index contributed by atoms with van der Waals surface area (Å²) in [4.78, 5) is 20.2. The highest BCUT2D eigenvalue weighted by molar-refractivity contribution is 9.10. The van der Waals surface area contributed by atoms with E-state index >= 15 is 0 Å². The molecule has 0 aliphatic rings. The summed E-state index contributed by atoms with van der Waals surface area (Å²) in [6, 6.07) is 10.1. The average molecular weight is 500 g/mol. The number of aromatic nitrogens is 2. The maximum Gasteiger partial charge on any atom is 0.224 e. The highest BCUT2D eigenvalue weighted by atomic mass is 79.9. The quantitative estimate of drug-likeness (QED) is 0.345. The van der Waals surface area contributed by atoms with E-state index in [2.05, 4.69) is 31.2 Å². The molecule has 3 N–H and O–H groups in total. The number of carbonyl (C=O) groups excluding carboxylic acids is 1. The van der Waals surface area contributed by atoms with E-state index < -0.39 is 17.6 Å². The summed E-state index contributed by atoms with van der Waals surface area (Å²) in [6.07, 6.45) is 3.47. The number of hydrogen-bond donors (Lipinski definition) is 3. The third-order valence-corrected chi connectivity index (χ3v) is 5.86. The fourth-order valence-corrected chi connectivity index (χ4v) is 4.45. The molecule has 0 aliphatic heterocycles. The summed E-state index contributed by atoms with van der Waals surface area (Å²) in [7, 11) is 0. The number of aryl methyl sites for hydroxylation is 1. The van der Waals surface area contributed by atoms with Crippen LogP contribution >= 0.6 is 15.9 Å². The first-order chi connectivity index (χ1) is 15.3. The molecule has 1 atom stereocenters.